The molecule has 2 aromatic carbocycles. The monoisotopic (exact) mass is 608 g/mol. The lowest BCUT2D eigenvalue weighted by molar-refractivity contribution is 0.0335. The van der Waals surface area contributed by atoms with Crippen LogP contribution < -0.4 is 14.9 Å². The van der Waals surface area contributed by atoms with Crippen molar-refractivity contribution in [3.05, 3.63) is 65.4 Å². The Balaban J connectivity index is 1.45. The highest BCUT2D eigenvalue weighted by atomic mass is 32.2. The molecule has 1 aromatic heterocycles. The molecule has 2 aliphatic rings. The minimum Gasteiger partial charge on any atom is -0.390 e. The molecule has 1 amide bonds. The molecule has 2 heterocycles. The predicted octanol–water partition coefficient (Wildman–Crippen LogP) is 4.88. The van der Waals surface area contributed by atoms with Crippen molar-refractivity contribution in [2.45, 2.75) is 91.5 Å². The number of aryl methyl sites for hydroxylation is 2. The van der Waals surface area contributed by atoms with Crippen molar-refractivity contribution in [3.63, 3.8) is 0 Å². The minimum absolute atomic E-state index is 0.0233. The topological polar surface area (TPSA) is 104 Å². The number of aromatic nitrogens is 1. The van der Waals surface area contributed by atoms with Gasteiger partial charge in [-0.1, -0.05) is 64.4 Å². The van der Waals surface area contributed by atoms with E-state index in [0.29, 0.717) is 37.2 Å². The fourth-order valence-electron chi connectivity index (χ4n) is 7.53. The molecule has 1 fully saturated rings. The zero-order valence-electron chi connectivity index (χ0n) is 26.5. The highest BCUT2D eigenvalue weighted by Gasteiger charge is 2.44. The summed E-state index contributed by atoms with van der Waals surface area (Å²) in [5.74, 6) is -0.313. The van der Waals surface area contributed by atoms with E-state index in [4.69, 9.17) is 0 Å². The summed E-state index contributed by atoms with van der Waals surface area (Å²) in [6.45, 7) is 12.3. The third-order valence-corrected chi connectivity index (χ3v) is 11.6. The van der Waals surface area contributed by atoms with Crippen LogP contribution in [0.25, 0.3) is 10.9 Å². The third-order valence-electron chi connectivity index (χ3n) is 9.84. The highest BCUT2D eigenvalue weighted by Crippen LogP contribution is 2.46. The summed E-state index contributed by atoms with van der Waals surface area (Å²) in [7, 11) is -1.95. The molecule has 1 aliphatic heterocycles. The van der Waals surface area contributed by atoms with Crippen LogP contribution in [0.2, 0.25) is 0 Å². The van der Waals surface area contributed by atoms with E-state index >= 15 is 0 Å². The summed E-state index contributed by atoms with van der Waals surface area (Å²) in [6.07, 6.45) is 5.52. The molecule has 3 aromatic rings. The molecule has 43 heavy (non-hydrogen) atoms. The summed E-state index contributed by atoms with van der Waals surface area (Å²) in [5.41, 5.74) is 3.91. The number of aliphatic hydroxyl groups is 1. The van der Waals surface area contributed by atoms with Crippen molar-refractivity contribution in [3.8, 4) is 0 Å². The minimum atomic E-state index is -3.51. The van der Waals surface area contributed by atoms with Crippen molar-refractivity contribution >= 4 is 32.5 Å². The Bertz CT molecular complexity index is 1560. The Morgan fingerprint density at radius 2 is 1.77 bits per heavy atom. The number of benzene rings is 2. The average Bonchev–Trinajstić information content (AvgIpc) is 3.28. The number of hydrogen-bond acceptors (Lipinski definition) is 5. The van der Waals surface area contributed by atoms with E-state index in [2.05, 4.69) is 42.9 Å². The number of amides is 1. The molecular weight excluding hydrogens is 560 g/mol. The number of carbonyl (C=O) groups excluding carboxylic acids is 1. The fraction of sp³-hybridized carbons (Fsp3) is 0.559. The number of hydrogen-bond donors (Lipinski definition) is 3. The Labute approximate surface area is 256 Å². The van der Waals surface area contributed by atoms with Gasteiger partial charge >= 0.3 is 0 Å². The van der Waals surface area contributed by atoms with Gasteiger partial charge in [-0.25, -0.2) is 8.42 Å². The third kappa shape index (κ3) is 6.35. The molecule has 0 spiro atoms. The maximum atomic E-state index is 13.9. The normalized spacial score (nSPS) is 20.9. The van der Waals surface area contributed by atoms with Crippen molar-refractivity contribution in [2.75, 3.05) is 23.7 Å². The average molecular weight is 609 g/mol. The molecule has 0 bridgehead atoms. The van der Waals surface area contributed by atoms with E-state index in [9.17, 15) is 18.3 Å². The van der Waals surface area contributed by atoms with Gasteiger partial charge in [0.1, 0.15) is 0 Å². The number of rotatable bonds is 9. The van der Waals surface area contributed by atoms with Crippen LogP contribution in [-0.4, -0.2) is 61.5 Å². The summed E-state index contributed by atoms with van der Waals surface area (Å²) < 4.78 is 29.4. The Morgan fingerprint density at radius 1 is 1.09 bits per heavy atom. The zero-order chi connectivity index (χ0) is 31.2. The van der Waals surface area contributed by atoms with Crippen LogP contribution in [0.5, 0.6) is 0 Å². The standard InChI is InChI=1S/C34H48N4O4S/c1-7-38-22-24-14-17-43(41,42)37(6)27-19-25(20-28(38)30(24)27)31(40)36-26(18-23-12-9-8-10-13-23)29(39)21-35-32-33(2,3)15-11-16-34(32,4)5/h8-10,12-13,19-20,22,26,29,32,35,39H,7,11,14-18,21H2,1-6H3,(H,36,40)/t26-,29+/m0/s1. The SMILES string of the molecule is CCn1cc2c3c(cc(C(=O)N[C@@H](Cc4ccccc4)[C@H](O)CNC4C(C)(C)CCCC4(C)C)cc31)N(C)S(=O)(=O)CC2. The van der Waals surface area contributed by atoms with Gasteiger partial charge in [0.25, 0.3) is 5.91 Å². The first-order chi connectivity index (χ1) is 20.2. The molecule has 9 heteroatoms. The first kappa shape index (κ1) is 31.5. The highest BCUT2D eigenvalue weighted by molar-refractivity contribution is 7.92. The van der Waals surface area contributed by atoms with Crippen LogP contribution in [0.15, 0.2) is 48.7 Å². The lowest BCUT2D eigenvalue weighted by Gasteiger charge is -2.50. The zero-order valence-corrected chi connectivity index (χ0v) is 27.3. The smallest absolute Gasteiger partial charge is 0.251 e. The second kappa shape index (κ2) is 11.9. The van der Waals surface area contributed by atoms with Gasteiger partial charge in [0.05, 0.1) is 29.1 Å². The number of sulfonamides is 1. The molecule has 0 radical (unpaired) electrons. The summed E-state index contributed by atoms with van der Waals surface area (Å²) in [5, 5.41) is 19.3. The number of nitrogens with one attached hydrogen (secondary N) is 2. The van der Waals surface area contributed by atoms with Crippen molar-refractivity contribution in [2.24, 2.45) is 10.8 Å². The van der Waals surface area contributed by atoms with Crippen molar-refractivity contribution < 1.29 is 18.3 Å². The van der Waals surface area contributed by atoms with Gasteiger partial charge < -0.3 is 20.3 Å². The number of carbonyl (C=O) groups is 1. The van der Waals surface area contributed by atoms with Crippen molar-refractivity contribution in [1.82, 2.24) is 15.2 Å². The second-order valence-electron chi connectivity index (χ2n) is 13.9. The first-order valence-electron chi connectivity index (χ1n) is 15.6. The van der Waals surface area contributed by atoms with Crippen LogP contribution in [-0.2, 0) is 29.4 Å². The molecule has 234 valence electrons. The van der Waals surface area contributed by atoms with Gasteiger partial charge in [-0.15, -0.1) is 0 Å². The Morgan fingerprint density at radius 3 is 2.42 bits per heavy atom. The largest absolute Gasteiger partial charge is 0.390 e. The van der Waals surface area contributed by atoms with Gasteiger partial charge in [-0.05, 0) is 66.7 Å². The predicted molar refractivity (Wildman–Crippen MR) is 174 cm³/mol. The number of anilines is 1. The molecule has 1 saturated carbocycles. The van der Waals surface area contributed by atoms with Crippen LogP contribution in [0, 0.1) is 10.8 Å². The molecular formula is C34H48N4O4S. The van der Waals surface area contributed by atoms with Crippen LogP contribution in [0.1, 0.15) is 75.4 Å². The quantitative estimate of drug-likeness (QED) is 0.321. The second-order valence-corrected chi connectivity index (χ2v) is 16.0. The summed E-state index contributed by atoms with van der Waals surface area (Å²) in [6, 6.07) is 13.1. The van der Waals surface area contributed by atoms with E-state index in [0.717, 1.165) is 34.9 Å². The summed E-state index contributed by atoms with van der Waals surface area (Å²) >= 11 is 0. The molecule has 5 rings (SSSR count). The Hall–Kier alpha value is -2.88. The fourth-order valence-corrected chi connectivity index (χ4v) is 8.72. The number of nitrogens with zero attached hydrogens (tertiary/aromatic N) is 2. The molecule has 0 unspecified atom stereocenters. The molecule has 8 nitrogen and oxygen atoms in total. The molecule has 0 saturated heterocycles. The van der Waals surface area contributed by atoms with E-state index in [1.165, 1.54) is 10.7 Å². The van der Waals surface area contributed by atoms with Crippen LogP contribution >= 0.6 is 0 Å². The lowest BCUT2D eigenvalue weighted by Crippen LogP contribution is -2.57. The van der Waals surface area contributed by atoms with E-state index in [-0.39, 0.29) is 28.5 Å². The van der Waals surface area contributed by atoms with E-state index in [1.807, 2.05) is 49.5 Å². The maximum absolute atomic E-state index is 13.9. The van der Waals surface area contributed by atoms with Gasteiger partial charge in [0.2, 0.25) is 10.0 Å². The Kier molecular flexibility index (Phi) is 8.73. The van der Waals surface area contributed by atoms with Crippen LogP contribution in [0.3, 0.4) is 0 Å². The first-order valence-corrected chi connectivity index (χ1v) is 17.2. The van der Waals surface area contributed by atoms with E-state index in [1.54, 1.807) is 13.1 Å². The number of aliphatic hydroxyl groups excluding tert-OH is 1. The van der Waals surface area contributed by atoms with Gasteiger partial charge in [-0.3, -0.25) is 9.10 Å². The maximum Gasteiger partial charge on any atom is 0.251 e. The molecule has 3 N–H and O–H groups in total. The lowest BCUT2D eigenvalue weighted by atomic mass is 9.61. The van der Waals surface area contributed by atoms with Crippen LogP contribution in [0.4, 0.5) is 5.69 Å². The van der Waals surface area contributed by atoms with Gasteiger partial charge in [-0.2, -0.15) is 0 Å². The summed E-state index contributed by atoms with van der Waals surface area (Å²) in [4.78, 5) is 13.9. The molecule has 1 aliphatic carbocycles. The van der Waals surface area contributed by atoms with Gasteiger partial charge in [0, 0.05) is 43.3 Å². The van der Waals surface area contributed by atoms with Crippen molar-refractivity contribution in [1.29, 1.82) is 0 Å². The van der Waals surface area contributed by atoms with Gasteiger partial charge in [0.15, 0.2) is 0 Å². The molecule has 2 atom stereocenters. The van der Waals surface area contributed by atoms with E-state index < -0.39 is 22.2 Å².